The number of nitrogens with one attached hydrogen (secondary N) is 1. The molecule has 0 bridgehead atoms. The molecule has 1 aliphatic rings. The van der Waals surface area contributed by atoms with Crippen molar-refractivity contribution < 1.29 is 4.74 Å². The van der Waals surface area contributed by atoms with Crippen LogP contribution >= 0.6 is 0 Å². The molecule has 0 radical (unpaired) electrons. The molecule has 1 aromatic carbocycles. The second-order valence-corrected chi connectivity index (χ2v) is 4.37. The summed E-state index contributed by atoms with van der Waals surface area (Å²) in [6.07, 6.45) is 1.16. The SMILES string of the molecule is CC1OCCC1Nc1nnnn1-c1ccccc1. The summed E-state index contributed by atoms with van der Waals surface area (Å²) >= 11 is 0. The maximum atomic E-state index is 5.52. The summed E-state index contributed by atoms with van der Waals surface area (Å²) < 4.78 is 7.22. The largest absolute Gasteiger partial charge is 0.376 e. The van der Waals surface area contributed by atoms with Gasteiger partial charge in [-0.15, -0.1) is 0 Å². The van der Waals surface area contributed by atoms with Crippen molar-refractivity contribution in [3.8, 4) is 5.69 Å². The molecule has 2 atom stereocenters. The normalized spacial score (nSPS) is 23.2. The van der Waals surface area contributed by atoms with E-state index in [9.17, 15) is 0 Å². The van der Waals surface area contributed by atoms with Gasteiger partial charge in [0, 0.05) is 6.61 Å². The highest BCUT2D eigenvalue weighted by atomic mass is 16.5. The molecule has 1 aromatic heterocycles. The average Bonchev–Trinajstić information content (AvgIpc) is 3.01. The number of para-hydroxylation sites is 1. The van der Waals surface area contributed by atoms with Gasteiger partial charge in [-0.3, -0.25) is 0 Å². The Labute approximate surface area is 105 Å². The van der Waals surface area contributed by atoms with Gasteiger partial charge in [-0.1, -0.05) is 23.3 Å². The van der Waals surface area contributed by atoms with Crippen LogP contribution in [0.2, 0.25) is 0 Å². The molecule has 0 amide bonds. The highest BCUT2D eigenvalue weighted by molar-refractivity contribution is 5.39. The third-order valence-electron chi connectivity index (χ3n) is 3.16. The minimum absolute atomic E-state index is 0.186. The van der Waals surface area contributed by atoms with Gasteiger partial charge < -0.3 is 10.1 Å². The van der Waals surface area contributed by atoms with Crippen LogP contribution in [0.1, 0.15) is 13.3 Å². The Bertz CT molecular complexity index is 512. The van der Waals surface area contributed by atoms with Crippen molar-refractivity contribution in [1.82, 2.24) is 20.2 Å². The number of tetrazole rings is 1. The first-order valence-corrected chi connectivity index (χ1v) is 6.06. The van der Waals surface area contributed by atoms with E-state index in [2.05, 4.69) is 27.8 Å². The molecular formula is C12H15N5O. The first-order valence-electron chi connectivity index (χ1n) is 6.06. The lowest BCUT2D eigenvalue weighted by atomic mass is 10.2. The van der Waals surface area contributed by atoms with E-state index < -0.39 is 0 Å². The third-order valence-corrected chi connectivity index (χ3v) is 3.16. The predicted octanol–water partition coefficient (Wildman–Crippen LogP) is 1.25. The molecule has 2 heterocycles. The highest BCUT2D eigenvalue weighted by Crippen LogP contribution is 2.18. The number of ether oxygens (including phenoxy) is 1. The summed E-state index contributed by atoms with van der Waals surface area (Å²) in [5.41, 5.74) is 0.941. The van der Waals surface area contributed by atoms with Crippen molar-refractivity contribution in [2.75, 3.05) is 11.9 Å². The maximum absolute atomic E-state index is 5.52. The molecule has 94 valence electrons. The Morgan fingerprint density at radius 1 is 1.33 bits per heavy atom. The van der Waals surface area contributed by atoms with Gasteiger partial charge in [0.1, 0.15) is 0 Å². The smallest absolute Gasteiger partial charge is 0.248 e. The lowest BCUT2D eigenvalue weighted by molar-refractivity contribution is 0.121. The zero-order chi connectivity index (χ0) is 12.4. The fraction of sp³-hybridized carbons (Fsp3) is 0.417. The van der Waals surface area contributed by atoms with Crippen LogP contribution in [0, 0.1) is 0 Å². The van der Waals surface area contributed by atoms with Crippen LogP contribution in [0.15, 0.2) is 30.3 Å². The number of aromatic nitrogens is 4. The number of hydrogen-bond donors (Lipinski definition) is 1. The minimum atomic E-state index is 0.186. The van der Waals surface area contributed by atoms with E-state index in [-0.39, 0.29) is 12.1 Å². The van der Waals surface area contributed by atoms with E-state index in [0.717, 1.165) is 18.7 Å². The molecule has 0 aliphatic carbocycles. The van der Waals surface area contributed by atoms with Crippen molar-refractivity contribution in [2.45, 2.75) is 25.5 Å². The van der Waals surface area contributed by atoms with Gasteiger partial charge in [0.2, 0.25) is 5.95 Å². The lowest BCUT2D eigenvalue weighted by Gasteiger charge is -2.16. The Morgan fingerprint density at radius 3 is 2.89 bits per heavy atom. The molecule has 2 aromatic rings. The van der Waals surface area contributed by atoms with Crippen LogP contribution in [-0.2, 0) is 4.74 Å². The molecule has 1 N–H and O–H groups in total. The van der Waals surface area contributed by atoms with Gasteiger partial charge in [-0.05, 0) is 35.9 Å². The van der Waals surface area contributed by atoms with Crippen LogP contribution in [0.5, 0.6) is 0 Å². The van der Waals surface area contributed by atoms with Gasteiger partial charge in [-0.25, -0.2) is 0 Å². The summed E-state index contributed by atoms with van der Waals surface area (Å²) in [5, 5.41) is 15.1. The van der Waals surface area contributed by atoms with Crippen LogP contribution in [0.3, 0.4) is 0 Å². The molecule has 18 heavy (non-hydrogen) atoms. The van der Waals surface area contributed by atoms with E-state index in [1.165, 1.54) is 0 Å². The lowest BCUT2D eigenvalue weighted by Crippen LogP contribution is -2.28. The van der Waals surface area contributed by atoms with E-state index in [1.807, 2.05) is 30.3 Å². The molecule has 3 rings (SSSR count). The van der Waals surface area contributed by atoms with Crippen molar-refractivity contribution in [2.24, 2.45) is 0 Å². The molecule has 6 nitrogen and oxygen atoms in total. The maximum Gasteiger partial charge on any atom is 0.248 e. The van der Waals surface area contributed by atoms with Crippen LogP contribution in [0.25, 0.3) is 5.69 Å². The van der Waals surface area contributed by atoms with E-state index >= 15 is 0 Å². The fourth-order valence-corrected chi connectivity index (χ4v) is 2.11. The fourth-order valence-electron chi connectivity index (χ4n) is 2.11. The van der Waals surface area contributed by atoms with Crippen molar-refractivity contribution in [1.29, 1.82) is 0 Å². The predicted molar refractivity (Wildman–Crippen MR) is 66.6 cm³/mol. The van der Waals surface area contributed by atoms with Crippen molar-refractivity contribution in [3.05, 3.63) is 30.3 Å². The first kappa shape index (κ1) is 11.2. The van der Waals surface area contributed by atoms with Crippen LogP contribution < -0.4 is 5.32 Å². The second-order valence-electron chi connectivity index (χ2n) is 4.37. The monoisotopic (exact) mass is 245 g/mol. The number of hydrogen-bond acceptors (Lipinski definition) is 5. The molecule has 0 saturated carbocycles. The van der Waals surface area contributed by atoms with E-state index in [0.29, 0.717) is 5.95 Å². The Kier molecular flexibility index (Phi) is 2.93. The first-order chi connectivity index (χ1) is 8.84. The zero-order valence-corrected chi connectivity index (χ0v) is 10.2. The van der Waals surface area contributed by atoms with Gasteiger partial charge in [0.05, 0.1) is 17.8 Å². The number of anilines is 1. The molecule has 1 fully saturated rings. The third kappa shape index (κ3) is 2.06. The van der Waals surface area contributed by atoms with Gasteiger partial charge in [0.25, 0.3) is 0 Å². The number of nitrogens with zero attached hydrogens (tertiary/aromatic N) is 4. The Hall–Kier alpha value is -1.95. The summed E-state index contributed by atoms with van der Waals surface area (Å²) in [6.45, 7) is 2.84. The molecular weight excluding hydrogens is 230 g/mol. The molecule has 0 spiro atoms. The standard InChI is InChI=1S/C12H15N5O/c1-9-11(7-8-18-9)13-12-14-15-16-17(12)10-5-3-2-4-6-10/h2-6,9,11H,7-8H2,1H3,(H,13,14,16). The quantitative estimate of drug-likeness (QED) is 0.881. The second kappa shape index (κ2) is 4.73. The summed E-state index contributed by atoms with van der Waals surface area (Å²) in [6, 6.07) is 10.1. The van der Waals surface area contributed by atoms with E-state index in [4.69, 9.17) is 4.74 Å². The summed E-state index contributed by atoms with van der Waals surface area (Å²) in [4.78, 5) is 0. The Morgan fingerprint density at radius 2 is 2.17 bits per heavy atom. The topological polar surface area (TPSA) is 64.9 Å². The molecule has 1 aliphatic heterocycles. The summed E-state index contributed by atoms with van der Waals surface area (Å²) in [7, 11) is 0. The summed E-state index contributed by atoms with van der Waals surface area (Å²) in [5.74, 6) is 0.656. The van der Waals surface area contributed by atoms with E-state index in [1.54, 1.807) is 4.68 Å². The van der Waals surface area contributed by atoms with Crippen molar-refractivity contribution in [3.63, 3.8) is 0 Å². The molecule has 2 unspecified atom stereocenters. The number of rotatable bonds is 3. The zero-order valence-electron chi connectivity index (χ0n) is 10.2. The van der Waals surface area contributed by atoms with Gasteiger partial charge in [0.15, 0.2) is 0 Å². The van der Waals surface area contributed by atoms with Crippen molar-refractivity contribution >= 4 is 5.95 Å². The minimum Gasteiger partial charge on any atom is -0.376 e. The van der Waals surface area contributed by atoms with Crippen LogP contribution in [0.4, 0.5) is 5.95 Å². The average molecular weight is 245 g/mol. The van der Waals surface area contributed by atoms with Gasteiger partial charge >= 0.3 is 0 Å². The highest BCUT2D eigenvalue weighted by Gasteiger charge is 2.25. The molecule has 1 saturated heterocycles. The van der Waals surface area contributed by atoms with Crippen LogP contribution in [-0.4, -0.2) is 39.0 Å². The Balaban J connectivity index is 1.84. The molecule has 6 heteroatoms. The van der Waals surface area contributed by atoms with Gasteiger partial charge in [-0.2, -0.15) is 4.68 Å². The number of benzene rings is 1.